The Labute approximate surface area is 322 Å². The van der Waals surface area contributed by atoms with Gasteiger partial charge in [0.05, 0.1) is 22.8 Å². The topological polar surface area (TPSA) is 0 Å². The van der Waals surface area contributed by atoms with Crippen LogP contribution >= 0.6 is 0 Å². The molecule has 0 aromatic heterocycles. The smallest absolute Gasteiger partial charge is 0.0665 e. The molecule has 5 heteroatoms. The van der Waals surface area contributed by atoms with Crippen molar-refractivity contribution in [2.75, 3.05) is 0 Å². The van der Waals surface area contributed by atoms with E-state index >= 15 is 0 Å². The fraction of sp³-hybridized carbons (Fsp3) is 0.867. The quantitative estimate of drug-likeness (QED) is 0.253. The highest BCUT2D eigenvalue weighted by atomic mass is 29.8. The van der Waals surface area contributed by atoms with Gasteiger partial charge in [-0.25, -0.2) is 0 Å². The fourth-order valence-corrected chi connectivity index (χ4v) is 139. The monoisotopic (exact) mass is 773 g/mol. The molecule has 0 unspecified atom stereocenters. The van der Waals surface area contributed by atoms with Crippen molar-refractivity contribution in [3.05, 3.63) is 34.9 Å². The summed E-state index contributed by atoms with van der Waals surface area (Å²) in [5, 5.41) is 1.90. The molecular weight excluding hydrogens is 681 g/mol. The average molecular weight is 774 g/mol. The van der Waals surface area contributed by atoms with E-state index in [0.717, 1.165) is 0 Å². The lowest BCUT2D eigenvalue weighted by atomic mass is 9.75. The highest BCUT2D eigenvalue weighted by Gasteiger charge is 2.65. The van der Waals surface area contributed by atoms with Gasteiger partial charge in [-0.2, -0.15) is 0 Å². The van der Waals surface area contributed by atoms with Crippen LogP contribution in [-0.2, 0) is 16.2 Å². The van der Waals surface area contributed by atoms with E-state index in [9.17, 15) is 0 Å². The van der Waals surface area contributed by atoms with E-state index in [1.165, 1.54) is 17.2 Å². The average Bonchev–Trinajstić information content (AvgIpc) is 2.81. The summed E-state index contributed by atoms with van der Waals surface area (Å²) >= 11 is 0. The molecule has 0 aliphatic heterocycles. The second-order valence-electron chi connectivity index (χ2n) is 26.1. The molecule has 0 heterocycles. The van der Waals surface area contributed by atoms with Crippen molar-refractivity contribution in [2.45, 2.75) is 252 Å². The van der Waals surface area contributed by atoms with Gasteiger partial charge in [0.2, 0.25) is 0 Å². The molecule has 0 N–H and O–H groups in total. The van der Waals surface area contributed by atoms with Crippen molar-refractivity contribution in [1.82, 2.24) is 0 Å². The minimum Gasteiger partial charge on any atom is -0.0684 e. The maximum absolute atomic E-state index is 2.99. The highest BCUT2D eigenvalue weighted by molar-refractivity contribution is 7.74. The number of benzene rings is 1. The Hall–Kier alpha value is 0.304. The maximum atomic E-state index is 2.99. The second kappa shape index (κ2) is 13.8. The third-order valence-electron chi connectivity index (χ3n) is 15.0. The summed E-state index contributed by atoms with van der Waals surface area (Å²) in [6, 6.07) is 9.26. The SMILES string of the molecule is CC(C)(C)c1cc(C(C)(C)C)cc(C(C)(C)C[Si](=[Si]([Si](C)(C(C)(C)C)C(C)(C)C)[Si](C)(C(C)(C)C)C(C)(C)C)[Si](C)(C(C)(C)C)C(C)(C)C)c1. The molecule has 50 heavy (non-hydrogen) atoms. The lowest BCUT2D eigenvalue weighted by molar-refractivity contribution is 0.546. The standard InChI is InChI=1S/C45H92Si5/c1-37(2,3)34-30-35(38(4,5)6)32-36(31-34)45(25,26)33-46(48(27,39(7,8)9)40(10,11)12)47(49(28,41(13,14)15)42(16,17)18)50(29,43(19,20)21)44(22,23)24/h30-32H,33H2,1-29H3. The Bertz CT molecular complexity index is 1270. The molecule has 0 aliphatic carbocycles. The van der Waals surface area contributed by atoms with Gasteiger partial charge in [0, 0.05) is 0 Å². The highest BCUT2D eigenvalue weighted by Crippen LogP contribution is 2.61. The molecule has 1 aromatic rings. The first kappa shape index (κ1) is 48.3. The predicted octanol–water partition coefficient (Wildman–Crippen LogP) is 15.9. The molecule has 1 rings (SSSR count). The van der Waals surface area contributed by atoms with E-state index in [2.05, 4.69) is 218 Å². The lowest BCUT2D eigenvalue weighted by Gasteiger charge is -2.65. The van der Waals surface area contributed by atoms with Crippen molar-refractivity contribution < 1.29 is 0 Å². The predicted molar refractivity (Wildman–Crippen MR) is 246 cm³/mol. The van der Waals surface area contributed by atoms with Crippen LogP contribution in [0.15, 0.2) is 18.2 Å². The van der Waals surface area contributed by atoms with E-state index in [-0.39, 0.29) is 16.2 Å². The fourth-order valence-electron chi connectivity index (χ4n) is 9.83. The van der Waals surface area contributed by atoms with Crippen molar-refractivity contribution in [2.24, 2.45) is 0 Å². The van der Waals surface area contributed by atoms with Gasteiger partial charge in [0.1, 0.15) is 0 Å². The van der Waals surface area contributed by atoms with Crippen LogP contribution in [0.1, 0.15) is 197 Å². The Morgan fingerprint density at radius 1 is 0.360 bits per heavy atom. The summed E-state index contributed by atoms with van der Waals surface area (Å²) < 4.78 is 0. The first-order valence-electron chi connectivity index (χ1n) is 20.2. The molecule has 0 saturated carbocycles. The van der Waals surface area contributed by atoms with Crippen LogP contribution in [0.5, 0.6) is 0 Å². The Morgan fingerprint density at radius 2 is 0.580 bits per heavy atom. The van der Waals surface area contributed by atoms with Gasteiger partial charge in [0.25, 0.3) is 0 Å². The van der Waals surface area contributed by atoms with Crippen LogP contribution in [0.2, 0.25) is 55.9 Å². The summed E-state index contributed by atoms with van der Waals surface area (Å²) in [5.41, 5.74) is 4.93. The van der Waals surface area contributed by atoms with E-state index in [4.69, 9.17) is 0 Å². The van der Waals surface area contributed by atoms with Gasteiger partial charge in [-0.05, 0) is 83.5 Å². The van der Waals surface area contributed by atoms with Gasteiger partial charge >= 0.3 is 0 Å². The molecule has 0 amide bonds. The molecule has 292 valence electrons. The van der Waals surface area contributed by atoms with E-state index < -0.39 is 37.1 Å². The van der Waals surface area contributed by atoms with Crippen molar-refractivity contribution >= 4 is 37.1 Å². The summed E-state index contributed by atoms with van der Waals surface area (Å²) in [4.78, 5) is 0. The van der Waals surface area contributed by atoms with E-state index in [1.54, 1.807) is 5.56 Å². The summed E-state index contributed by atoms with van der Waals surface area (Å²) in [6.45, 7) is 76.5. The van der Waals surface area contributed by atoms with Crippen molar-refractivity contribution in [1.29, 1.82) is 0 Å². The number of hydrogen-bond acceptors (Lipinski definition) is 0. The van der Waals surface area contributed by atoms with Crippen LogP contribution in [0, 0.1) is 0 Å². The van der Waals surface area contributed by atoms with Crippen molar-refractivity contribution in [3.8, 4) is 0 Å². The zero-order valence-corrected chi connectivity index (χ0v) is 44.9. The van der Waals surface area contributed by atoms with Gasteiger partial charge in [-0.15, -0.1) is 0 Å². The molecule has 0 bridgehead atoms. The molecule has 0 aliphatic rings. The number of hydrogen-bond donors (Lipinski definition) is 0. The third-order valence-corrected chi connectivity index (χ3v) is 98.7. The molecule has 0 atom stereocenters. The molecule has 0 fully saturated rings. The van der Waals surface area contributed by atoms with Crippen LogP contribution in [0.3, 0.4) is 0 Å². The van der Waals surface area contributed by atoms with E-state index in [0.29, 0.717) is 30.2 Å². The normalized spacial score (nSPS) is 15.8. The Balaban J connectivity index is 5.13. The van der Waals surface area contributed by atoms with Gasteiger partial charge in [0.15, 0.2) is 0 Å². The molecule has 0 nitrogen and oxygen atoms in total. The zero-order valence-electron chi connectivity index (χ0n) is 39.9. The van der Waals surface area contributed by atoms with Crippen LogP contribution in [-0.4, -0.2) is 37.1 Å². The maximum Gasteiger partial charge on any atom is 0.0665 e. The minimum atomic E-state index is -2.01. The van der Waals surface area contributed by atoms with Crippen LogP contribution < -0.4 is 0 Å². The molecule has 0 radical (unpaired) electrons. The first-order chi connectivity index (χ1) is 21.3. The van der Waals surface area contributed by atoms with Crippen LogP contribution in [0.4, 0.5) is 0 Å². The van der Waals surface area contributed by atoms with Crippen molar-refractivity contribution in [3.63, 3.8) is 0 Å². The summed E-state index contributed by atoms with van der Waals surface area (Å²) in [7, 11) is -6.93. The van der Waals surface area contributed by atoms with E-state index in [1.807, 2.05) is 0 Å². The van der Waals surface area contributed by atoms with Crippen LogP contribution in [0.25, 0.3) is 0 Å². The Morgan fingerprint density at radius 3 is 0.780 bits per heavy atom. The number of rotatable bonds is 6. The van der Waals surface area contributed by atoms with Gasteiger partial charge in [-0.3, -0.25) is 0 Å². The molecule has 1 aromatic carbocycles. The molecular formula is C45H92Si5. The second-order valence-corrected chi connectivity index (χ2v) is 67.0. The summed E-state index contributed by atoms with van der Waals surface area (Å²) in [6.07, 6.45) is 0. The summed E-state index contributed by atoms with van der Waals surface area (Å²) in [5.74, 6) is 0. The van der Waals surface area contributed by atoms with Gasteiger partial charge < -0.3 is 0 Å². The molecule has 0 saturated heterocycles. The minimum absolute atomic E-state index is 0.0897. The first-order valence-corrected chi connectivity index (χ1v) is 34.9. The lowest BCUT2D eigenvalue weighted by Crippen LogP contribution is -2.78. The third kappa shape index (κ3) is 8.72. The van der Waals surface area contributed by atoms with Gasteiger partial charge in [-0.1, -0.05) is 218 Å². The zero-order chi connectivity index (χ0) is 40.7. The Kier molecular flexibility index (Phi) is 13.3. The largest absolute Gasteiger partial charge is 0.0684 e. The molecule has 0 spiro atoms.